The lowest BCUT2D eigenvalue weighted by atomic mass is 10.0. The summed E-state index contributed by atoms with van der Waals surface area (Å²) in [6.07, 6.45) is -3.29. The molecule has 3 N–H and O–H groups in total. The Hall–Kier alpha value is -1.37. The van der Waals surface area contributed by atoms with E-state index in [0.717, 1.165) is 6.07 Å². The monoisotopic (exact) mass is 319 g/mol. The Bertz CT molecular complexity index is 504. The summed E-state index contributed by atoms with van der Waals surface area (Å²) < 4.78 is 18.0. The molecule has 5 nitrogen and oxygen atoms in total. The second kappa shape index (κ2) is 7.06. The van der Waals surface area contributed by atoms with E-state index in [1.807, 2.05) is 0 Å². The van der Waals surface area contributed by atoms with Crippen LogP contribution in [0.25, 0.3) is 0 Å². The van der Waals surface area contributed by atoms with Gasteiger partial charge in [0.2, 0.25) is 0 Å². The molecule has 0 fully saturated rings. The second-order valence-corrected chi connectivity index (χ2v) is 5.98. The highest BCUT2D eigenvalue weighted by Crippen LogP contribution is 2.22. The summed E-state index contributed by atoms with van der Waals surface area (Å²) in [6, 6.07) is 3.62. The van der Waals surface area contributed by atoms with Crippen molar-refractivity contribution in [1.29, 1.82) is 0 Å². The fourth-order valence-electron chi connectivity index (χ4n) is 1.53. The summed E-state index contributed by atoms with van der Waals surface area (Å²) in [5, 5.41) is 21.9. The van der Waals surface area contributed by atoms with Crippen LogP contribution in [0.15, 0.2) is 18.2 Å². The van der Waals surface area contributed by atoms with Crippen molar-refractivity contribution in [3.8, 4) is 0 Å². The van der Waals surface area contributed by atoms with Crippen LogP contribution >= 0.6 is 11.6 Å². The van der Waals surface area contributed by atoms with Gasteiger partial charge in [-0.3, -0.25) is 0 Å². The number of benzene rings is 1. The molecule has 1 rings (SSSR count). The number of aliphatic hydroxyl groups is 2. The Morgan fingerprint density at radius 1 is 1.43 bits per heavy atom. The molecule has 2 unspecified atom stereocenters. The van der Waals surface area contributed by atoms with Gasteiger partial charge in [0.05, 0.1) is 5.02 Å². The van der Waals surface area contributed by atoms with Gasteiger partial charge in [-0.1, -0.05) is 17.7 Å². The second-order valence-electron chi connectivity index (χ2n) is 5.57. The van der Waals surface area contributed by atoms with Crippen LogP contribution in [-0.4, -0.2) is 34.6 Å². The van der Waals surface area contributed by atoms with E-state index in [4.69, 9.17) is 16.3 Å². The predicted octanol–water partition coefficient (Wildman–Crippen LogP) is 2.40. The van der Waals surface area contributed by atoms with E-state index < -0.39 is 29.7 Å². The highest BCUT2D eigenvalue weighted by Gasteiger charge is 2.22. The Kier molecular flexibility index (Phi) is 5.95. The highest BCUT2D eigenvalue weighted by molar-refractivity contribution is 6.30. The number of halogens is 2. The molecule has 0 saturated heterocycles. The molecule has 0 saturated carbocycles. The van der Waals surface area contributed by atoms with Gasteiger partial charge in [0.1, 0.15) is 23.6 Å². The first-order valence-electron chi connectivity index (χ1n) is 6.38. The van der Waals surface area contributed by atoms with Crippen LogP contribution in [0, 0.1) is 5.82 Å². The van der Waals surface area contributed by atoms with E-state index in [2.05, 4.69) is 5.32 Å². The van der Waals surface area contributed by atoms with Gasteiger partial charge < -0.3 is 20.3 Å². The maximum Gasteiger partial charge on any atom is 0.407 e. The zero-order valence-electron chi connectivity index (χ0n) is 12.1. The SMILES string of the molecule is CC(C)(C)OC(=O)NCC(O)C(O)c1ccc(F)c(Cl)c1. The van der Waals surface area contributed by atoms with Crippen LogP contribution in [0.5, 0.6) is 0 Å². The number of hydrogen-bond acceptors (Lipinski definition) is 4. The van der Waals surface area contributed by atoms with Crippen molar-refractivity contribution < 1.29 is 24.1 Å². The molecular formula is C14H19ClFNO4. The molecule has 1 aromatic carbocycles. The average molecular weight is 320 g/mol. The number of ether oxygens (including phenoxy) is 1. The molecule has 0 aromatic heterocycles. The molecule has 7 heteroatoms. The van der Waals surface area contributed by atoms with E-state index in [1.165, 1.54) is 12.1 Å². The predicted molar refractivity (Wildman–Crippen MR) is 76.6 cm³/mol. The molecule has 0 aliphatic heterocycles. The van der Waals surface area contributed by atoms with Crippen LogP contribution < -0.4 is 5.32 Å². The number of rotatable bonds is 4. The number of carbonyl (C=O) groups excluding carboxylic acids is 1. The third-order valence-corrected chi connectivity index (χ3v) is 2.79. The number of aliphatic hydroxyl groups excluding tert-OH is 2. The quantitative estimate of drug-likeness (QED) is 0.796. The molecule has 118 valence electrons. The van der Waals surface area contributed by atoms with Crippen molar-refractivity contribution in [2.45, 2.75) is 38.6 Å². The van der Waals surface area contributed by atoms with Crippen LogP contribution in [-0.2, 0) is 4.74 Å². The van der Waals surface area contributed by atoms with Gasteiger partial charge in [0.25, 0.3) is 0 Å². The highest BCUT2D eigenvalue weighted by atomic mass is 35.5. The van der Waals surface area contributed by atoms with Crippen molar-refractivity contribution >= 4 is 17.7 Å². The first-order valence-corrected chi connectivity index (χ1v) is 6.76. The third-order valence-electron chi connectivity index (χ3n) is 2.50. The van der Waals surface area contributed by atoms with Crippen molar-refractivity contribution in [3.63, 3.8) is 0 Å². The van der Waals surface area contributed by atoms with Crippen LogP contribution in [0.2, 0.25) is 5.02 Å². The Balaban J connectivity index is 2.56. The third kappa shape index (κ3) is 5.87. The van der Waals surface area contributed by atoms with E-state index >= 15 is 0 Å². The maximum atomic E-state index is 13.0. The molecule has 1 amide bonds. The summed E-state index contributed by atoms with van der Waals surface area (Å²) in [4.78, 5) is 11.4. The standard InChI is InChI=1S/C14H19ClFNO4/c1-14(2,3)21-13(20)17-7-11(18)12(19)8-4-5-10(16)9(15)6-8/h4-6,11-12,18-19H,7H2,1-3H3,(H,17,20). The molecule has 0 aliphatic carbocycles. The Labute approximate surface area is 127 Å². The van der Waals surface area contributed by atoms with Crippen molar-refractivity contribution in [3.05, 3.63) is 34.6 Å². The number of amides is 1. The first-order chi connectivity index (χ1) is 9.60. The lowest BCUT2D eigenvalue weighted by molar-refractivity contribution is 0.0129. The molecule has 2 atom stereocenters. The van der Waals surface area contributed by atoms with Crippen LogP contribution in [0.1, 0.15) is 32.4 Å². The smallest absolute Gasteiger partial charge is 0.407 e. The van der Waals surface area contributed by atoms with E-state index in [0.29, 0.717) is 0 Å². The van der Waals surface area contributed by atoms with Gasteiger partial charge in [-0.05, 0) is 38.5 Å². The van der Waals surface area contributed by atoms with Gasteiger partial charge in [-0.15, -0.1) is 0 Å². The first kappa shape index (κ1) is 17.7. The van der Waals surface area contributed by atoms with Gasteiger partial charge in [-0.2, -0.15) is 0 Å². The van der Waals surface area contributed by atoms with E-state index in [9.17, 15) is 19.4 Å². The minimum absolute atomic E-state index is 0.154. The molecule has 0 aliphatic rings. The number of alkyl carbamates (subject to hydrolysis) is 1. The molecule has 0 heterocycles. The van der Waals surface area contributed by atoms with E-state index in [-0.39, 0.29) is 17.1 Å². The number of hydrogen-bond donors (Lipinski definition) is 3. The number of carbonyl (C=O) groups is 1. The zero-order valence-corrected chi connectivity index (χ0v) is 12.8. The molecule has 0 bridgehead atoms. The van der Waals surface area contributed by atoms with Gasteiger partial charge in [-0.25, -0.2) is 9.18 Å². The minimum Gasteiger partial charge on any atom is -0.444 e. The molecule has 0 radical (unpaired) electrons. The van der Waals surface area contributed by atoms with Crippen molar-refractivity contribution in [2.75, 3.05) is 6.54 Å². The summed E-state index contributed by atoms with van der Waals surface area (Å²) in [5.41, 5.74) is -0.405. The maximum absolute atomic E-state index is 13.0. The van der Waals surface area contributed by atoms with Crippen LogP contribution in [0.3, 0.4) is 0 Å². The average Bonchev–Trinajstić information content (AvgIpc) is 2.36. The van der Waals surface area contributed by atoms with Gasteiger partial charge in [0, 0.05) is 6.54 Å². The number of nitrogens with one attached hydrogen (secondary N) is 1. The topological polar surface area (TPSA) is 78.8 Å². The molecule has 1 aromatic rings. The Morgan fingerprint density at radius 2 is 2.05 bits per heavy atom. The largest absolute Gasteiger partial charge is 0.444 e. The van der Waals surface area contributed by atoms with Crippen molar-refractivity contribution in [1.82, 2.24) is 5.32 Å². The van der Waals surface area contributed by atoms with E-state index in [1.54, 1.807) is 20.8 Å². The fraction of sp³-hybridized carbons (Fsp3) is 0.500. The summed E-state index contributed by atoms with van der Waals surface area (Å²) in [5.74, 6) is -0.617. The lowest BCUT2D eigenvalue weighted by Gasteiger charge is -2.22. The van der Waals surface area contributed by atoms with Gasteiger partial charge >= 0.3 is 6.09 Å². The molecular weight excluding hydrogens is 301 g/mol. The van der Waals surface area contributed by atoms with Gasteiger partial charge in [0.15, 0.2) is 0 Å². The zero-order chi connectivity index (χ0) is 16.2. The minimum atomic E-state index is -1.31. The summed E-state index contributed by atoms with van der Waals surface area (Å²) >= 11 is 5.61. The molecule has 21 heavy (non-hydrogen) atoms. The normalized spacial score (nSPS) is 14.4. The van der Waals surface area contributed by atoms with Crippen molar-refractivity contribution in [2.24, 2.45) is 0 Å². The fourth-order valence-corrected chi connectivity index (χ4v) is 1.72. The summed E-state index contributed by atoms with van der Waals surface area (Å²) in [7, 11) is 0. The molecule has 0 spiro atoms. The lowest BCUT2D eigenvalue weighted by Crippen LogP contribution is -2.38. The Morgan fingerprint density at radius 3 is 2.57 bits per heavy atom. The summed E-state index contributed by atoms with van der Waals surface area (Å²) in [6.45, 7) is 4.90. The van der Waals surface area contributed by atoms with Crippen LogP contribution in [0.4, 0.5) is 9.18 Å².